The summed E-state index contributed by atoms with van der Waals surface area (Å²) >= 11 is 0. The van der Waals surface area contributed by atoms with Crippen LogP contribution in [-0.4, -0.2) is 64.1 Å². The summed E-state index contributed by atoms with van der Waals surface area (Å²) in [7, 11) is 0. The molecule has 4 rings (SSSR count). The number of piperazine rings is 1. The van der Waals surface area contributed by atoms with Gasteiger partial charge in [0, 0.05) is 32.1 Å². The van der Waals surface area contributed by atoms with Crippen LogP contribution in [0.4, 0.5) is 0 Å². The van der Waals surface area contributed by atoms with Crippen molar-refractivity contribution in [1.29, 1.82) is 0 Å². The molecule has 0 aliphatic carbocycles. The van der Waals surface area contributed by atoms with Gasteiger partial charge in [-0.1, -0.05) is 26.8 Å². The summed E-state index contributed by atoms with van der Waals surface area (Å²) in [6.45, 7) is 13.9. The van der Waals surface area contributed by atoms with Crippen molar-refractivity contribution >= 4 is 0 Å². The van der Waals surface area contributed by atoms with Crippen molar-refractivity contribution in [2.45, 2.75) is 39.8 Å². The Hall–Kier alpha value is -2.12. The molecule has 7 heteroatoms. The maximum absolute atomic E-state index is 5.51. The summed E-state index contributed by atoms with van der Waals surface area (Å²) in [5, 5.41) is 4.79. The molecule has 0 radical (unpaired) electrons. The minimum Gasteiger partial charge on any atom is -0.454 e. The molecule has 27 heavy (non-hydrogen) atoms. The molecule has 1 saturated heterocycles. The molecule has 0 saturated carbocycles. The van der Waals surface area contributed by atoms with E-state index in [0.717, 1.165) is 68.0 Å². The van der Waals surface area contributed by atoms with E-state index in [2.05, 4.69) is 41.3 Å². The van der Waals surface area contributed by atoms with Crippen LogP contribution in [0, 0.1) is 0 Å². The van der Waals surface area contributed by atoms with E-state index in [0.29, 0.717) is 19.3 Å². The molecule has 7 nitrogen and oxygen atoms in total. The maximum atomic E-state index is 5.51. The Kier molecular flexibility index (Phi) is 5.31. The van der Waals surface area contributed by atoms with Gasteiger partial charge in [-0.3, -0.25) is 4.90 Å². The molecule has 2 aromatic rings. The van der Waals surface area contributed by atoms with E-state index < -0.39 is 0 Å². The number of likely N-dealkylation sites (N-methyl/N-ethyl adjacent to an activating group) is 1. The summed E-state index contributed by atoms with van der Waals surface area (Å²) < 4.78 is 13.0. The van der Waals surface area contributed by atoms with E-state index in [1.807, 2.05) is 12.1 Å². The molecule has 1 fully saturated rings. The fourth-order valence-corrected chi connectivity index (χ4v) is 3.56. The number of hydrogen-bond donors (Lipinski definition) is 0. The first-order valence-electron chi connectivity index (χ1n) is 9.89. The number of aromatic nitrogens is 3. The van der Waals surface area contributed by atoms with Crippen molar-refractivity contribution in [1.82, 2.24) is 24.6 Å². The minimum atomic E-state index is 0.300. The minimum absolute atomic E-state index is 0.300. The summed E-state index contributed by atoms with van der Waals surface area (Å²) in [4.78, 5) is 9.83. The van der Waals surface area contributed by atoms with E-state index in [1.54, 1.807) is 0 Å². The van der Waals surface area contributed by atoms with Crippen molar-refractivity contribution in [3.8, 4) is 11.5 Å². The van der Waals surface area contributed by atoms with Crippen molar-refractivity contribution in [2.24, 2.45) is 0 Å². The Morgan fingerprint density at radius 2 is 1.74 bits per heavy atom. The number of fused-ring (bicyclic) bond motifs is 1. The van der Waals surface area contributed by atoms with Gasteiger partial charge in [-0.05, 0) is 24.2 Å². The lowest BCUT2D eigenvalue weighted by Crippen LogP contribution is -2.45. The predicted molar refractivity (Wildman–Crippen MR) is 103 cm³/mol. The monoisotopic (exact) mass is 371 g/mol. The highest BCUT2D eigenvalue weighted by molar-refractivity contribution is 5.44. The van der Waals surface area contributed by atoms with E-state index in [9.17, 15) is 0 Å². The second-order valence-corrected chi connectivity index (χ2v) is 7.60. The van der Waals surface area contributed by atoms with Crippen molar-refractivity contribution in [3.63, 3.8) is 0 Å². The molecule has 3 heterocycles. The van der Waals surface area contributed by atoms with Gasteiger partial charge in [0.25, 0.3) is 0 Å². The molecule has 1 aromatic heterocycles. The average Bonchev–Trinajstić information content (AvgIpc) is 3.29. The van der Waals surface area contributed by atoms with E-state index >= 15 is 0 Å². The van der Waals surface area contributed by atoms with Crippen molar-refractivity contribution in [2.75, 3.05) is 39.5 Å². The Balaban J connectivity index is 1.51. The quantitative estimate of drug-likeness (QED) is 0.777. The van der Waals surface area contributed by atoms with E-state index in [-0.39, 0.29) is 0 Å². The van der Waals surface area contributed by atoms with Crippen LogP contribution in [0.1, 0.15) is 43.9 Å². The fraction of sp³-hybridized carbons (Fsp3) is 0.600. The first-order chi connectivity index (χ1) is 13.1. The first-order valence-corrected chi connectivity index (χ1v) is 9.89. The lowest BCUT2D eigenvalue weighted by molar-refractivity contribution is 0.128. The Morgan fingerprint density at radius 3 is 2.48 bits per heavy atom. The molecule has 0 amide bonds. The SMILES string of the molecule is CCN1CCN(Cc2nc(C(C)C)nn2Cc2ccc3c(c2)OCO3)CC1. The Bertz CT molecular complexity index is 781. The average molecular weight is 371 g/mol. The Morgan fingerprint density at radius 1 is 1.00 bits per heavy atom. The first kappa shape index (κ1) is 18.3. The summed E-state index contributed by atoms with van der Waals surface area (Å²) in [6.07, 6.45) is 0. The number of nitrogens with zero attached hydrogens (tertiary/aromatic N) is 5. The van der Waals surface area contributed by atoms with Gasteiger partial charge in [0.2, 0.25) is 6.79 Å². The van der Waals surface area contributed by atoms with Gasteiger partial charge < -0.3 is 14.4 Å². The maximum Gasteiger partial charge on any atom is 0.231 e. The molecule has 0 spiro atoms. The van der Waals surface area contributed by atoms with Crippen LogP contribution in [0.25, 0.3) is 0 Å². The highest BCUT2D eigenvalue weighted by Crippen LogP contribution is 2.32. The van der Waals surface area contributed by atoms with Crippen LogP contribution in [0.15, 0.2) is 18.2 Å². The zero-order chi connectivity index (χ0) is 18.8. The predicted octanol–water partition coefficient (Wildman–Crippen LogP) is 2.32. The van der Waals surface area contributed by atoms with Gasteiger partial charge in [0.05, 0.1) is 13.1 Å². The molecular weight excluding hydrogens is 342 g/mol. The third-order valence-corrected chi connectivity index (χ3v) is 5.33. The third kappa shape index (κ3) is 4.09. The Labute approximate surface area is 160 Å². The van der Waals surface area contributed by atoms with Crippen LogP contribution in [0.5, 0.6) is 11.5 Å². The highest BCUT2D eigenvalue weighted by atomic mass is 16.7. The molecule has 1 aromatic carbocycles. The smallest absolute Gasteiger partial charge is 0.231 e. The molecule has 2 aliphatic heterocycles. The lowest BCUT2D eigenvalue weighted by atomic mass is 10.2. The second-order valence-electron chi connectivity index (χ2n) is 7.60. The summed E-state index contributed by atoms with van der Waals surface area (Å²) in [5.74, 6) is 3.90. The number of hydrogen-bond acceptors (Lipinski definition) is 6. The standard InChI is InChI=1S/C20H29N5O2/c1-4-23-7-9-24(10-8-23)13-19-21-20(15(2)3)22-25(19)12-16-5-6-17-18(11-16)27-14-26-17/h5-6,11,15H,4,7-10,12-14H2,1-3H3. The molecule has 0 bridgehead atoms. The van der Waals surface area contributed by atoms with Gasteiger partial charge in [-0.15, -0.1) is 0 Å². The number of rotatable bonds is 6. The van der Waals surface area contributed by atoms with E-state index in [4.69, 9.17) is 19.6 Å². The van der Waals surface area contributed by atoms with Crippen LogP contribution in [0.2, 0.25) is 0 Å². The van der Waals surface area contributed by atoms with Gasteiger partial charge in [-0.2, -0.15) is 5.10 Å². The van der Waals surface area contributed by atoms with Crippen LogP contribution < -0.4 is 9.47 Å². The molecular formula is C20H29N5O2. The van der Waals surface area contributed by atoms with Gasteiger partial charge >= 0.3 is 0 Å². The normalized spacial score (nSPS) is 17.8. The molecule has 0 N–H and O–H groups in total. The molecule has 146 valence electrons. The largest absolute Gasteiger partial charge is 0.454 e. The zero-order valence-electron chi connectivity index (χ0n) is 16.5. The number of ether oxygens (including phenoxy) is 2. The van der Waals surface area contributed by atoms with Crippen LogP contribution in [-0.2, 0) is 13.1 Å². The van der Waals surface area contributed by atoms with Crippen molar-refractivity contribution in [3.05, 3.63) is 35.4 Å². The topological polar surface area (TPSA) is 55.7 Å². The molecule has 0 atom stereocenters. The third-order valence-electron chi connectivity index (χ3n) is 5.33. The summed E-state index contributed by atoms with van der Waals surface area (Å²) in [6, 6.07) is 6.10. The van der Waals surface area contributed by atoms with Crippen molar-refractivity contribution < 1.29 is 9.47 Å². The van der Waals surface area contributed by atoms with Crippen LogP contribution in [0.3, 0.4) is 0 Å². The second kappa shape index (κ2) is 7.86. The highest BCUT2D eigenvalue weighted by Gasteiger charge is 2.20. The van der Waals surface area contributed by atoms with Gasteiger partial charge in [0.1, 0.15) is 5.82 Å². The number of benzene rings is 1. The molecule has 2 aliphatic rings. The molecule has 0 unspecified atom stereocenters. The lowest BCUT2D eigenvalue weighted by Gasteiger charge is -2.33. The fourth-order valence-electron chi connectivity index (χ4n) is 3.56. The zero-order valence-corrected chi connectivity index (χ0v) is 16.5. The summed E-state index contributed by atoms with van der Waals surface area (Å²) in [5.41, 5.74) is 1.15. The van der Waals surface area contributed by atoms with E-state index in [1.165, 1.54) is 0 Å². The van der Waals surface area contributed by atoms with Crippen LogP contribution >= 0.6 is 0 Å². The van der Waals surface area contributed by atoms with Gasteiger partial charge in [-0.25, -0.2) is 9.67 Å². The van der Waals surface area contributed by atoms with Gasteiger partial charge in [0.15, 0.2) is 17.3 Å².